The molecule has 0 bridgehead atoms. The Morgan fingerprint density at radius 1 is 0.654 bits per heavy atom. The molecule has 52 heavy (non-hydrogen) atoms. The third-order valence-corrected chi connectivity index (χ3v) is 7.48. The van der Waals surface area contributed by atoms with Gasteiger partial charge in [0.1, 0.15) is 36.3 Å². The Morgan fingerprint density at radius 2 is 1.17 bits per heavy atom. The van der Waals surface area contributed by atoms with Crippen LogP contribution in [0, 0.1) is 17.2 Å². The van der Waals surface area contributed by atoms with Gasteiger partial charge in [-0.1, -0.05) is 27.7 Å². The number of carboxylic acid groups (broad SMARTS) is 1. The second-order valence-electron chi connectivity index (χ2n) is 13.1. The van der Waals surface area contributed by atoms with E-state index >= 15 is 0 Å². The maximum Gasteiger partial charge on any atom is 0.326 e. The summed E-state index contributed by atoms with van der Waals surface area (Å²) in [6.45, 7) is 8.88. The van der Waals surface area contributed by atoms with Crippen LogP contribution in [-0.4, -0.2) is 119 Å². The lowest BCUT2D eigenvalue weighted by molar-refractivity contribution is -0.143. The molecule has 0 radical (unpaired) electrons. The van der Waals surface area contributed by atoms with Crippen molar-refractivity contribution < 1.29 is 48.6 Å². The highest BCUT2D eigenvalue weighted by atomic mass is 16.4. The van der Waals surface area contributed by atoms with Crippen LogP contribution in [0.2, 0.25) is 0 Å². The number of aliphatic carboxylic acids is 1. The Bertz CT molecular complexity index is 1280. The van der Waals surface area contributed by atoms with Crippen LogP contribution in [0.15, 0.2) is 0 Å². The molecule has 0 unspecified atom stereocenters. The summed E-state index contributed by atoms with van der Waals surface area (Å²) in [6.07, 6.45) is -0.456. The van der Waals surface area contributed by atoms with Crippen molar-refractivity contribution in [1.29, 1.82) is 5.41 Å². The first-order chi connectivity index (χ1) is 24.1. The number of carbonyl (C=O) groups excluding carboxylic acids is 7. The van der Waals surface area contributed by atoms with E-state index in [1.165, 1.54) is 13.8 Å². The molecule has 21 heteroatoms. The molecule has 0 rings (SSSR count). The van der Waals surface area contributed by atoms with Gasteiger partial charge in [-0.25, -0.2) is 4.79 Å². The third kappa shape index (κ3) is 18.3. The molecule has 7 atom stereocenters. The molecule has 0 fully saturated rings. The van der Waals surface area contributed by atoms with Crippen molar-refractivity contribution in [3.63, 3.8) is 0 Å². The Kier molecular flexibility index (Phi) is 21.2. The minimum Gasteiger partial charge on any atom is -0.480 e. The Hall–Kier alpha value is -5.05. The SMILES string of the molecule is CC(C)C[C@H](NC(=O)[C@H](CCCNC(=N)N)NC(=O)[C@H](C)NC(=O)[C@@H](NC(=O)[C@H](C)N)C(C)C)C(=O)N[C@@H](CO)C(=O)N[C@@H](CCC(N)=O)C(=O)O. The van der Waals surface area contributed by atoms with E-state index in [4.69, 9.17) is 22.6 Å². The van der Waals surface area contributed by atoms with Crippen LogP contribution < -0.4 is 54.4 Å². The largest absolute Gasteiger partial charge is 0.480 e. The summed E-state index contributed by atoms with van der Waals surface area (Å²) in [6, 6.07) is -8.86. The van der Waals surface area contributed by atoms with Crippen molar-refractivity contribution in [2.75, 3.05) is 13.2 Å². The third-order valence-electron chi connectivity index (χ3n) is 7.48. The standard InChI is InChI=1S/C31H57N11O10/c1-14(2)12-20(27(48)41-21(13-43)28(49)39-19(30(51)52)9-10-22(33)44)40-26(47)18(8-7-11-36-31(34)35)38-25(46)17(6)37-29(50)23(15(3)4)42-24(45)16(5)32/h14-21,23,43H,7-13,32H2,1-6H3,(H2,33,44)(H,37,50)(H,38,46)(H,39,49)(H,40,47)(H,41,48)(H,42,45)(H,51,52)(H4,34,35,36)/t16-,17-,18-,19-,20-,21-,23-/m0/s1. The highest BCUT2D eigenvalue weighted by molar-refractivity contribution is 5.97. The topological polar surface area (TPSA) is 363 Å². The predicted molar refractivity (Wildman–Crippen MR) is 188 cm³/mol. The molecule has 0 aliphatic rings. The molecular weight excluding hydrogens is 686 g/mol. The van der Waals surface area contributed by atoms with E-state index in [0.29, 0.717) is 0 Å². The number of amides is 7. The zero-order valence-corrected chi connectivity index (χ0v) is 30.5. The molecule has 0 aromatic carbocycles. The lowest BCUT2D eigenvalue weighted by Gasteiger charge is -2.27. The number of aliphatic hydroxyl groups excluding tert-OH is 1. The molecular formula is C31H57N11O10. The van der Waals surface area contributed by atoms with Crippen LogP contribution in [0.25, 0.3) is 0 Å². The van der Waals surface area contributed by atoms with Gasteiger partial charge in [0, 0.05) is 13.0 Å². The van der Waals surface area contributed by atoms with Gasteiger partial charge in [0.25, 0.3) is 0 Å². The van der Waals surface area contributed by atoms with E-state index < -0.39 is 96.2 Å². The molecule has 0 aliphatic carbocycles. The van der Waals surface area contributed by atoms with Crippen LogP contribution in [0.5, 0.6) is 0 Å². The number of hydrogen-bond acceptors (Lipinski definition) is 11. The van der Waals surface area contributed by atoms with Crippen molar-refractivity contribution in [3.05, 3.63) is 0 Å². The molecule has 0 spiro atoms. The van der Waals surface area contributed by atoms with Gasteiger partial charge < -0.3 is 64.6 Å². The van der Waals surface area contributed by atoms with Crippen molar-refractivity contribution in [3.8, 4) is 0 Å². The molecule has 0 aliphatic heterocycles. The van der Waals surface area contributed by atoms with Crippen LogP contribution in [0.3, 0.4) is 0 Å². The van der Waals surface area contributed by atoms with Crippen molar-refractivity contribution in [2.45, 2.75) is 116 Å². The van der Waals surface area contributed by atoms with Crippen molar-refractivity contribution in [1.82, 2.24) is 37.2 Å². The lowest BCUT2D eigenvalue weighted by atomic mass is 10.0. The van der Waals surface area contributed by atoms with Crippen LogP contribution in [0.4, 0.5) is 0 Å². The fourth-order valence-corrected chi connectivity index (χ4v) is 4.54. The lowest BCUT2D eigenvalue weighted by Crippen LogP contribution is -2.60. The normalized spacial score (nSPS) is 15.0. The van der Waals surface area contributed by atoms with E-state index in [0.717, 1.165) is 0 Å². The highest BCUT2D eigenvalue weighted by Crippen LogP contribution is 2.09. The molecule has 0 saturated carbocycles. The maximum absolute atomic E-state index is 13.6. The predicted octanol–water partition coefficient (Wildman–Crippen LogP) is -4.43. The molecule has 0 aromatic rings. The van der Waals surface area contributed by atoms with Gasteiger partial charge in [-0.15, -0.1) is 0 Å². The van der Waals surface area contributed by atoms with Crippen LogP contribution >= 0.6 is 0 Å². The Morgan fingerprint density at radius 3 is 1.65 bits per heavy atom. The monoisotopic (exact) mass is 743 g/mol. The number of aliphatic hydroxyl groups is 1. The van der Waals surface area contributed by atoms with Crippen molar-refractivity contribution in [2.24, 2.45) is 29.0 Å². The number of nitrogens with one attached hydrogen (secondary N) is 8. The second-order valence-corrected chi connectivity index (χ2v) is 13.1. The zero-order valence-electron chi connectivity index (χ0n) is 30.5. The van der Waals surface area contributed by atoms with E-state index in [9.17, 15) is 48.6 Å². The summed E-state index contributed by atoms with van der Waals surface area (Å²) in [5.74, 6) is -7.97. The smallest absolute Gasteiger partial charge is 0.326 e. The van der Waals surface area contributed by atoms with Crippen molar-refractivity contribution >= 4 is 53.3 Å². The Balaban J connectivity index is 6.00. The Labute approximate surface area is 302 Å². The molecule has 296 valence electrons. The number of guanidine groups is 1. The van der Waals surface area contributed by atoms with E-state index in [1.54, 1.807) is 27.7 Å². The van der Waals surface area contributed by atoms with E-state index in [2.05, 4.69) is 37.2 Å². The number of rotatable bonds is 24. The number of hydrogen-bond donors (Lipinski definition) is 13. The summed E-state index contributed by atoms with van der Waals surface area (Å²) >= 11 is 0. The van der Waals surface area contributed by atoms with Gasteiger partial charge in [0.2, 0.25) is 41.4 Å². The average Bonchev–Trinajstić information content (AvgIpc) is 3.03. The first-order valence-corrected chi connectivity index (χ1v) is 16.9. The molecule has 0 aromatic heterocycles. The zero-order chi connectivity index (χ0) is 40.3. The number of nitrogens with two attached hydrogens (primary N) is 3. The molecule has 21 nitrogen and oxygen atoms in total. The van der Waals surface area contributed by atoms with Gasteiger partial charge in [-0.05, 0) is 51.4 Å². The number of primary amides is 1. The first kappa shape index (κ1) is 46.9. The summed E-state index contributed by atoms with van der Waals surface area (Å²) in [7, 11) is 0. The van der Waals surface area contributed by atoms with Gasteiger partial charge in [0.15, 0.2) is 5.96 Å². The van der Waals surface area contributed by atoms with Crippen LogP contribution in [0.1, 0.15) is 73.6 Å². The highest BCUT2D eigenvalue weighted by Gasteiger charge is 2.33. The van der Waals surface area contributed by atoms with Crippen LogP contribution in [-0.2, 0) is 38.4 Å². The van der Waals surface area contributed by atoms with E-state index in [1.807, 2.05) is 0 Å². The summed E-state index contributed by atoms with van der Waals surface area (Å²) in [5, 5.41) is 43.7. The molecule has 0 heterocycles. The van der Waals surface area contributed by atoms with Gasteiger partial charge in [0.05, 0.1) is 12.6 Å². The van der Waals surface area contributed by atoms with E-state index in [-0.39, 0.29) is 56.4 Å². The van der Waals surface area contributed by atoms with Gasteiger partial charge >= 0.3 is 5.97 Å². The average molecular weight is 744 g/mol. The maximum atomic E-state index is 13.6. The quantitative estimate of drug-likeness (QED) is 0.0252. The summed E-state index contributed by atoms with van der Waals surface area (Å²) in [5.41, 5.74) is 16.0. The molecule has 0 saturated heterocycles. The fraction of sp³-hybridized carbons (Fsp3) is 0.710. The molecule has 16 N–H and O–H groups in total. The van der Waals surface area contributed by atoms with Gasteiger partial charge in [-0.3, -0.25) is 39.0 Å². The molecule has 7 amide bonds. The minimum absolute atomic E-state index is 0.0167. The second kappa shape index (κ2) is 23.4. The summed E-state index contributed by atoms with van der Waals surface area (Å²) in [4.78, 5) is 101. The van der Waals surface area contributed by atoms with Gasteiger partial charge in [-0.2, -0.15) is 0 Å². The minimum atomic E-state index is -1.64. The summed E-state index contributed by atoms with van der Waals surface area (Å²) < 4.78 is 0. The fourth-order valence-electron chi connectivity index (χ4n) is 4.54. The number of carboxylic acids is 1. The number of carbonyl (C=O) groups is 8. The first-order valence-electron chi connectivity index (χ1n) is 16.9.